The fraction of sp³-hybridized carbons (Fsp3) is 0.308. The normalized spacial score (nSPS) is 10.9. The fourth-order valence-corrected chi connectivity index (χ4v) is 1.40. The van der Waals surface area contributed by atoms with Gasteiger partial charge >= 0.3 is 5.97 Å². The number of carbonyl (C=O) groups is 1. The summed E-state index contributed by atoms with van der Waals surface area (Å²) in [5, 5.41) is 8.60. The first-order chi connectivity index (χ1) is 8.58. The Morgan fingerprint density at radius 2 is 1.83 bits per heavy atom. The number of carboxylic acid groups (broad SMARTS) is 1. The zero-order valence-electron chi connectivity index (χ0n) is 10.6. The van der Waals surface area contributed by atoms with Crippen LogP contribution in [-0.2, 0) is 4.79 Å². The Kier molecular flexibility index (Phi) is 5.05. The predicted molar refractivity (Wildman–Crippen MR) is 66.4 cm³/mol. The van der Waals surface area contributed by atoms with Gasteiger partial charge in [0.25, 0.3) is 0 Å². The lowest BCUT2D eigenvalue weighted by Gasteiger charge is -2.14. The number of carboxylic acids is 1. The van der Waals surface area contributed by atoms with E-state index in [0.717, 1.165) is 6.08 Å². The lowest BCUT2D eigenvalue weighted by molar-refractivity contribution is -0.131. The van der Waals surface area contributed by atoms with E-state index >= 15 is 0 Å². The molecule has 0 radical (unpaired) electrons. The van der Waals surface area contributed by atoms with E-state index in [1.54, 1.807) is 25.1 Å². The molecule has 1 N–H and O–H groups in total. The van der Waals surface area contributed by atoms with Gasteiger partial charge in [0, 0.05) is 6.08 Å². The first-order valence-corrected chi connectivity index (χ1v) is 5.32. The molecule has 5 nitrogen and oxygen atoms in total. The minimum atomic E-state index is -0.997. The molecule has 18 heavy (non-hydrogen) atoms. The second kappa shape index (κ2) is 6.54. The number of rotatable bonds is 6. The fourth-order valence-electron chi connectivity index (χ4n) is 1.40. The number of para-hydroxylation sites is 1. The van der Waals surface area contributed by atoms with E-state index < -0.39 is 5.97 Å². The van der Waals surface area contributed by atoms with Gasteiger partial charge in [0.05, 0.1) is 14.2 Å². The van der Waals surface area contributed by atoms with E-state index in [1.165, 1.54) is 14.2 Å². The third kappa shape index (κ3) is 3.69. The van der Waals surface area contributed by atoms with Crippen molar-refractivity contribution in [3.8, 4) is 17.2 Å². The van der Waals surface area contributed by atoms with Crippen LogP contribution in [-0.4, -0.2) is 31.9 Å². The average Bonchev–Trinajstić information content (AvgIpc) is 2.34. The summed E-state index contributed by atoms with van der Waals surface area (Å²) < 4.78 is 15.9. The zero-order chi connectivity index (χ0) is 13.5. The van der Waals surface area contributed by atoms with Gasteiger partial charge in [-0.3, -0.25) is 0 Å². The third-order valence-corrected chi connectivity index (χ3v) is 2.20. The molecule has 0 aliphatic carbocycles. The van der Waals surface area contributed by atoms with Crippen LogP contribution in [0, 0.1) is 0 Å². The molecular formula is C13H16O5. The summed E-state index contributed by atoms with van der Waals surface area (Å²) in [5.41, 5.74) is 0.593. The summed E-state index contributed by atoms with van der Waals surface area (Å²) in [5.74, 6) is 0.540. The number of hydrogen-bond donors (Lipinski definition) is 1. The molecule has 0 aliphatic rings. The Morgan fingerprint density at radius 1 is 1.28 bits per heavy atom. The monoisotopic (exact) mass is 252 g/mol. The summed E-state index contributed by atoms with van der Waals surface area (Å²) in [6.07, 6.45) is 1.10. The molecule has 0 atom stereocenters. The number of benzene rings is 1. The van der Waals surface area contributed by atoms with Crippen LogP contribution in [0.2, 0.25) is 0 Å². The van der Waals surface area contributed by atoms with Crippen molar-refractivity contribution in [1.82, 2.24) is 0 Å². The van der Waals surface area contributed by atoms with Crippen molar-refractivity contribution in [1.29, 1.82) is 0 Å². The summed E-state index contributed by atoms with van der Waals surface area (Å²) in [6, 6.07) is 5.27. The summed E-state index contributed by atoms with van der Waals surface area (Å²) in [7, 11) is 3.06. The molecule has 0 amide bonds. The van der Waals surface area contributed by atoms with Crippen molar-refractivity contribution in [2.45, 2.75) is 6.92 Å². The maximum absolute atomic E-state index is 10.5. The molecule has 98 valence electrons. The molecule has 0 unspecified atom stereocenters. The molecular weight excluding hydrogens is 236 g/mol. The Hall–Kier alpha value is -2.17. The first kappa shape index (κ1) is 13.9. The minimum absolute atomic E-state index is 0.156. The van der Waals surface area contributed by atoms with Gasteiger partial charge in [0.2, 0.25) is 5.75 Å². The molecule has 0 aliphatic heterocycles. The second-order valence-corrected chi connectivity index (χ2v) is 3.61. The number of methoxy groups -OCH3 is 2. The van der Waals surface area contributed by atoms with Gasteiger partial charge in [-0.05, 0) is 24.6 Å². The smallest absolute Gasteiger partial charge is 0.328 e. The lowest BCUT2D eigenvalue weighted by Crippen LogP contribution is -2.04. The molecule has 1 rings (SSSR count). The Labute approximate surface area is 106 Å². The van der Waals surface area contributed by atoms with Crippen molar-refractivity contribution in [2.24, 2.45) is 0 Å². The molecule has 0 saturated heterocycles. The SMILES string of the molecule is COc1cccc(OC)c1OCC(C)=CC(=O)O. The summed E-state index contributed by atoms with van der Waals surface area (Å²) in [4.78, 5) is 10.5. The van der Waals surface area contributed by atoms with E-state index in [0.29, 0.717) is 22.8 Å². The van der Waals surface area contributed by atoms with Crippen LogP contribution in [0.4, 0.5) is 0 Å². The predicted octanol–water partition coefficient (Wildman–Crippen LogP) is 2.11. The van der Waals surface area contributed by atoms with Gasteiger partial charge in [-0.25, -0.2) is 4.79 Å². The highest BCUT2D eigenvalue weighted by Gasteiger charge is 2.11. The van der Waals surface area contributed by atoms with Crippen LogP contribution in [0.5, 0.6) is 17.2 Å². The average molecular weight is 252 g/mol. The Bertz CT molecular complexity index is 428. The van der Waals surface area contributed by atoms with Gasteiger partial charge < -0.3 is 19.3 Å². The summed E-state index contributed by atoms with van der Waals surface area (Å²) in [6.45, 7) is 1.83. The Balaban J connectivity index is 2.86. The van der Waals surface area contributed by atoms with Gasteiger partial charge in [0.15, 0.2) is 11.5 Å². The van der Waals surface area contributed by atoms with Gasteiger partial charge in [0.1, 0.15) is 6.61 Å². The van der Waals surface area contributed by atoms with Crippen LogP contribution < -0.4 is 14.2 Å². The van der Waals surface area contributed by atoms with E-state index in [-0.39, 0.29) is 6.61 Å². The van der Waals surface area contributed by atoms with E-state index in [9.17, 15) is 4.79 Å². The first-order valence-electron chi connectivity index (χ1n) is 5.32. The van der Waals surface area contributed by atoms with Crippen LogP contribution in [0.1, 0.15) is 6.92 Å². The molecule has 5 heteroatoms. The molecule has 0 fully saturated rings. The van der Waals surface area contributed by atoms with Crippen molar-refractivity contribution in [2.75, 3.05) is 20.8 Å². The molecule has 0 saturated carbocycles. The van der Waals surface area contributed by atoms with Gasteiger partial charge in [-0.1, -0.05) is 6.07 Å². The molecule has 0 aromatic heterocycles. The maximum Gasteiger partial charge on any atom is 0.328 e. The lowest BCUT2D eigenvalue weighted by atomic mass is 10.2. The highest BCUT2D eigenvalue weighted by Crippen LogP contribution is 2.36. The maximum atomic E-state index is 10.5. The minimum Gasteiger partial charge on any atom is -0.493 e. The molecule has 1 aromatic carbocycles. The van der Waals surface area contributed by atoms with Crippen LogP contribution in [0.15, 0.2) is 29.8 Å². The Morgan fingerprint density at radius 3 is 2.28 bits per heavy atom. The van der Waals surface area contributed by atoms with E-state index in [2.05, 4.69) is 0 Å². The third-order valence-electron chi connectivity index (χ3n) is 2.20. The van der Waals surface area contributed by atoms with E-state index in [4.69, 9.17) is 19.3 Å². The highest BCUT2D eigenvalue weighted by molar-refractivity contribution is 5.80. The number of aliphatic carboxylic acids is 1. The van der Waals surface area contributed by atoms with Crippen molar-refractivity contribution in [3.63, 3.8) is 0 Å². The largest absolute Gasteiger partial charge is 0.493 e. The quantitative estimate of drug-likeness (QED) is 0.785. The molecule has 1 aromatic rings. The summed E-state index contributed by atoms with van der Waals surface area (Å²) >= 11 is 0. The molecule has 0 spiro atoms. The van der Waals surface area contributed by atoms with Crippen LogP contribution in [0.3, 0.4) is 0 Å². The molecule has 0 bridgehead atoms. The topological polar surface area (TPSA) is 65.0 Å². The highest BCUT2D eigenvalue weighted by atomic mass is 16.5. The number of hydrogen-bond acceptors (Lipinski definition) is 4. The van der Waals surface area contributed by atoms with E-state index in [1.807, 2.05) is 0 Å². The zero-order valence-corrected chi connectivity index (χ0v) is 10.6. The van der Waals surface area contributed by atoms with Crippen molar-refractivity contribution in [3.05, 3.63) is 29.8 Å². The second-order valence-electron chi connectivity index (χ2n) is 3.61. The van der Waals surface area contributed by atoms with Crippen molar-refractivity contribution < 1.29 is 24.1 Å². The standard InChI is InChI=1S/C13H16O5/c1-9(7-12(14)15)8-18-13-10(16-2)5-4-6-11(13)17-3/h4-7H,8H2,1-3H3,(H,14,15). The molecule has 0 heterocycles. The van der Waals surface area contributed by atoms with Gasteiger partial charge in [-0.15, -0.1) is 0 Å². The van der Waals surface area contributed by atoms with Gasteiger partial charge in [-0.2, -0.15) is 0 Å². The number of ether oxygens (including phenoxy) is 3. The van der Waals surface area contributed by atoms with Crippen LogP contribution >= 0.6 is 0 Å². The van der Waals surface area contributed by atoms with Crippen LogP contribution in [0.25, 0.3) is 0 Å². The van der Waals surface area contributed by atoms with Crippen molar-refractivity contribution >= 4 is 5.97 Å².